The number of carbonyl (C=O) groups excluding carboxylic acids is 1. The molecule has 4 heterocycles. The Kier molecular flexibility index (Phi) is 7.16. The molecule has 1 fully saturated rings. The highest BCUT2D eigenvalue weighted by atomic mass is 32.2. The summed E-state index contributed by atoms with van der Waals surface area (Å²) in [6.45, 7) is 5.16. The number of carbonyl (C=O) groups is 1. The van der Waals surface area contributed by atoms with Gasteiger partial charge < -0.3 is 10.1 Å². The van der Waals surface area contributed by atoms with E-state index in [1.165, 1.54) is 0 Å². The van der Waals surface area contributed by atoms with Gasteiger partial charge in [-0.1, -0.05) is 30.0 Å². The molecule has 0 atom stereocenters. The van der Waals surface area contributed by atoms with Crippen LogP contribution in [0.4, 0.5) is 0 Å². The van der Waals surface area contributed by atoms with Crippen molar-refractivity contribution >= 4 is 44.9 Å². The van der Waals surface area contributed by atoms with Gasteiger partial charge >= 0.3 is 0 Å². The van der Waals surface area contributed by atoms with Crippen LogP contribution in [0.5, 0.6) is 0 Å². The van der Waals surface area contributed by atoms with Crippen LogP contribution in [0, 0.1) is 0 Å². The fourth-order valence-electron chi connectivity index (χ4n) is 3.94. The Morgan fingerprint density at radius 1 is 1.12 bits per heavy atom. The quantitative estimate of drug-likeness (QED) is 0.492. The van der Waals surface area contributed by atoms with E-state index in [1.54, 1.807) is 23.1 Å². The number of thioether (sulfide) groups is 1. The molecule has 0 unspecified atom stereocenters. The molecule has 1 amide bonds. The van der Waals surface area contributed by atoms with Gasteiger partial charge in [-0.05, 0) is 54.4 Å². The van der Waals surface area contributed by atoms with Crippen LogP contribution in [0.1, 0.15) is 28.9 Å². The molecule has 2 aliphatic heterocycles. The maximum Gasteiger partial charge on any atom is 0.251 e. The van der Waals surface area contributed by atoms with Gasteiger partial charge in [-0.3, -0.25) is 9.69 Å². The molecule has 6 nitrogen and oxygen atoms in total. The Morgan fingerprint density at radius 3 is 2.79 bits per heavy atom. The van der Waals surface area contributed by atoms with E-state index in [4.69, 9.17) is 14.7 Å². The molecule has 0 saturated carbocycles. The predicted molar refractivity (Wildman–Crippen MR) is 136 cm³/mol. The number of nitrogens with one attached hydrogen (secondary N) is 1. The van der Waals surface area contributed by atoms with E-state index in [0.29, 0.717) is 12.1 Å². The standard InChI is InChI=1S/C25H26N4O2S2/c30-25(26-9-4-10-29-11-13-31-14-12-29)18-7-8-19-20(17-18)28-24(21-5-1-2-15-32-21)23(27-19)22-6-3-16-33-22/h2-3,5-8,15-17H,1,4,9-14H2,(H,26,30). The van der Waals surface area contributed by atoms with E-state index in [1.807, 2.05) is 24.3 Å². The molecule has 5 rings (SSSR count). The third-order valence-electron chi connectivity index (χ3n) is 5.69. The summed E-state index contributed by atoms with van der Waals surface area (Å²) in [5.74, 6) is -0.0706. The molecule has 0 radical (unpaired) electrons. The average Bonchev–Trinajstić information content (AvgIpc) is 3.41. The van der Waals surface area contributed by atoms with Crippen molar-refractivity contribution in [1.29, 1.82) is 0 Å². The molecule has 8 heteroatoms. The summed E-state index contributed by atoms with van der Waals surface area (Å²) >= 11 is 3.32. The second kappa shape index (κ2) is 10.6. The number of hydrogen-bond acceptors (Lipinski definition) is 7. The van der Waals surface area contributed by atoms with Crippen LogP contribution in [0.25, 0.3) is 26.5 Å². The summed E-state index contributed by atoms with van der Waals surface area (Å²) in [5, 5.41) is 7.20. The normalized spacial score (nSPS) is 16.7. The molecule has 1 N–H and O–H groups in total. The number of benzene rings is 1. The van der Waals surface area contributed by atoms with Gasteiger partial charge in [0.1, 0.15) is 11.4 Å². The van der Waals surface area contributed by atoms with E-state index in [-0.39, 0.29) is 5.91 Å². The van der Waals surface area contributed by atoms with Crippen LogP contribution < -0.4 is 5.32 Å². The number of rotatable bonds is 7. The zero-order valence-electron chi connectivity index (χ0n) is 18.3. The van der Waals surface area contributed by atoms with Gasteiger partial charge in [0.15, 0.2) is 0 Å². The van der Waals surface area contributed by atoms with Crippen LogP contribution in [0.3, 0.4) is 0 Å². The van der Waals surface area contributed by atoms with Gasteiger partial charge in [-0.2, -0.15) is 0 Å². The molecule has 0 spiro atoms. The van der Waals surface area contributed by atoms with Gasteiger partial charge in [0.25, 0.3) is 5.91 Å². The van der Waals surface area contributed by atoms with E-state index >= 15 is 0 Å². The van der Waals surface area contributed by atoms with Crippen LogP contribution >= 0.6 is 23.1 Å². The summed E-state index contributed by atoms with van der Waals surface area (Å²) in [4.78, 5) is 27.3. The molecular weight excluding hydrogens is 452 g/mol. The van der Waals surface area contributed by atoms with Crippen molar-refractivity contribution in [2.24, 2.45) is 0 Å². The molecule has 170 valence electrons. The SMILES string of the molecule is O=C(NCCCN1CCOCC1)c1ccc2nc(-c3cccs3)c(C3=CCC=CS3)nc2c1. The van der Waals surface area contributed by atoms with Gasteiger partial charge in [-0.25, -0.2) is 9.97 Å². The summed E-state index contributed by atoms with van der Waals surface area (Å²) in [6.07, 6.45) is 6.13. The first kappa shape index (κ1) is 22.3. The van der Waals surface area contributed by atoms with Crippen molar-refractivity contribution < 1.29 is 9.53 Å². The first-order valence-electron chi connectivity index (χ1n) is 11.2. The third kappa shape index (κ3) is 5.35. The molecule has 1 aromatic carbocycles. The highest BCUT2D eigenvalue weighted by molar-refractivity contribution is 8.11. The van der Waals surface area contributed by atoms with E-state index in [0.717, 1.165) is 77.9 Å². The van der Waals surface area contributed by atoms with Crippen molar-refractivity contribution in [3.05, 3.63) is 64.5 Å². The number of hydrogen-bond donors (Lipinski definition) is 1. The molecule has 0 aliphatic carbocycles. The Hall–Kier alpha value is -2.52. The van der Waals surface area contributed by atoms with Gasteiger partial charge in [0.05, 0.1) is 29.1 Å². The Labute approximate surface area is 201 Å². The number of thiophene rings is 1. The van der Waals surface area contributed by atoms with Crippen LogP contribution in [0.15, 0.2) is 53.3 Å². The van der Waals surface area contributed by atoms with Crippen LogP contribution in [0.2, 0.25) is 0 Å². The lowest BCUT2D eigenvalue weighted by Gasteiger charge is -2.26. The van der Waals surface area contributed by atoms with Crippen LogP contribution in [-0.2, 0) is 4.74 Å². The predicted octanol–water partition coefficient (Wildman–Crippen LogP) is 4.80. The first-order chi connectivity index (χ1) is 16.3. The Balaban J connectivity index is 1.34. The topological polar surface area (TPSA) is 67.4 Å². The Bertz CT molecular complexity index is 1180. The van der Waals surface area contributed by atoms with E-state index in [2.05, 4.69) is 39.2 Å². The molecule has 33 heavy (non-hydrogen) atoms. The fourth-order valence-corrected chi connectivity index (χ4v) is 5.45. The molecule has 3 aromatic rings. The number of ether oxygens (including phenoxy) is 1. The zero-order chi connectivity index (χ0) is 22.5. The number of amides is 1. The maximum absolute atomic E-state index is 12.8. The smallest absolute Gasteiger partial charge is 0.251 e. The molecule has 0 bridgehead atoms. The Morgan fingerprint density at radius 2 is 2.00 bits per heavy atom. The summed E-state index contributed by atoms with van der Waals surface area (Å²) in [5.41, 5.74) is 3.92. The number of fused-ring (bicyclic) bond motifs is 1. The van der Waals surface area contributed by atoms with Crippen molar-refractivity contribution in [2.75, 3.05) is 39.4 Å². The van der Waals surface area contributed by atoms with Gasteiger partial charge in [0.2, 0.25) is 0 Å². The van der Waals surface area contributed by atoms with Crippen molar-refractivity contribution in [3.63, 3.8) is 0 Å². The number of nitrogens with zero attached hydrogens (tertiary/aromatic N) is 3. The minimum atomic E-state index is -0.0706. The zero-order valence-corrected chi connectivity index (χ0v) is 20.0. The van der Waals surface area contributed by atoms with Gasteiger partial charge in [0, 0.05) is 30.1 Å². The second-order valence-electron chi connectivity index (χ2n) is 7.96. The number of aromatic nitrogens is 2. The lowest BCUT2D eigenvalue weighted by atomic mass is 10.1. The van der Waals surface area contributed by atoms with Crippen molar-refractivity contribution in [3.8, 4) is 10.6 Å². The largest absolute Gasteiger partial charge is 0.379 e. The average molecular weight is 479 g/mol. The van der Waals surface area contributed by atoms with Crippen LogP contribution in [-0.4, -0.2) is 60.2 Å². The maximum atomic E-state index is 12.8. The molecule has 2 aliphatic rings. The lowest BCUT2D eigenvalue weighted by Crippen LogP contribution is -2.38. The monoisotopic (exact) mass is 478 g/mol. The van der Waals surface area contributed by atoms with Gasteiger partial charge in [-0.15, -0.1) is 11.3 Å². The second-order valence-corrected chi connectivity index (χ2v) is 9.85. The molecule has 2 aromatic heterocycles. The van der Waals surface area contributed by atoms with Crippen molar-refractivity contribution in [2.45, 2.75) is 12.8 Å². The number of morpholine rings is 1. The van der Waals surface area contributed by atoms with E-state index < -0.39 is 0 Å². The summed E-state index contributed by atoms with van der Waals surface area (Å²) in [6, 6.07) is 9.69. The third-order valence-corrected chi connectivity index (χ3v) is 7.50. The minimum Gasteiger partial charge on any atom is -0.379 e. The highest BCUT2D eigenvalue weighted by Crippen LogP contribution is 2.38. The molecular formula is C25H26N4O2S2. The summed E-state index contributed by atoms with van der Waals surface area (Å²) < 4.78 is 5.38. The summed E-state index contributed by atoms with van der Waals surface area (Å²) in [7, 11) is 0. The van der Waals surface area contributed by atoms with Crippen molar-refractivity contribution in [1.82, 2.24) is 20.2 Å². The number of allylic oxidation sites excluding steroid dienone is 2. The fraction of sp³-hybridized carbons (Fsp3) is 0.320. The van der Waals surface area contributed by atoms with E-state index in [9.17, 15) is 4.79 Å². The molecule has 1 saturated heterocycles. The highest BCUT2D eigenvalue weighted by Gasteiger charge is 2.18. The first-order valence-corrected chi connectivity index (χ1v) is 13.0. The minimum absolute atomic E-state index is 0.0706. The lowest BCUT2D eigenvalue weighted by molar-refractivity contribution is 0.0374.